The summed E-state index contributed by atoms with van der Waals surface area (Å²) in [6.45, 7) is 14.4. The zero-order valence-electron chi connectivity index (χ0n) is 62.3. The average Bonchev–Trinajstić information content (AvgIpc) is 1.48. The topological polar surface area (TPSA) is 34.1 Å². The summed E-state index contributed by atoms with van der Waals surface area (Å²) in [6, 6.07) is 50.7. The van der Waals surface area contributed by atoms with Gasteiger partial charge in [0.1, 0.15) is 0 Å². The first-order valence-electron chi connectivity index (χ1n) is 39.8. The van der Waals surface area contributed by atoms with E-state index < -0.39 is 0 Å². The number of hydrogen-bond acceptors (Lipinski definition) is 8. The van der Waals surface area contributed by atoms with Crippen molar-refractivity contribution in [3.05, 3.63) is 205 Å². The number of carbonyl (C=O) groups excluding carboxylic acids is 2. The van der Waals surface area contributed by atoms with E-state index in [-0.39, 0.29) is 16.2 Å². The van der Waals surface area contributed by atoms with Crippen molar-refractivity contribution in [1.82, 2.24) is 0 Å². The molecule has 103 heavy (non-hydrogen) atoms. The third-order valence-corrected chi connectivity index (χ3v) is 29.2. The number of fused-ring (bicyclic) bond motifs is 12. The van der Waals surface area contributed by atoms with E-state index in [2.05, 4.69) is 199 Å². The Bertz CT molecular complexity index is 4350. The molecular formula is C95H108O2S6. The Hall–Kier alpha value is -6.36. The van der Waals surface area contributed by atoms with Gasteiger partial charge in [-0.1, -0.05) is 238 Å². The molecule has 0 atom stereocenters. The van der Waals surface area contributed by atoms with E-state index in [4.69, 9.17) is 0 Å². The second-order valence-corrected chi connectivity index (χ2v) is 36.6. The highest BCUT2D eigenvalue weighted by Crippen LogP contribution is 2.72. The molecule has 0 saturated heterocycles. The molecule has 0 unspecified atom stereocenters. The fourth-order valence-corrected chi connectivity index (χ4v) is 22.9. The molecule has 6 aromatic heterocycles. The van der Waals surface area contributed by atoms with Crippen LogP contribution in [0.25, 0.3) is 101 Å². The summed E-state index contributed by atoms with van der Waals surface area (Å²) in [5.41, 5.74) is 22.8. The molecule has 0 aliphatic heterocycles. The van der Waals surface area contributed by atoms with Crippen molar-refractivity contribution in [3.8, 4) is 64.7 Å². The molecule has 0 bridgehead atoms. The Kier molecular flexibility index (Phi) is 25.7. The van der Waals surface area contributed by atoms with Gasteiger partial charge in [0.15, 0.2) is 12.6 Å². The van der Waals surface area contributed by atoms with E-state index in [1.807, 2.05) is 57.5 Å². The molecule has 4 aromatic carbocycles. The van der Waals surface area contributed by atoms with Gasteiger partial charge >= 0.3 is 0 Å². The quantitative estimate of drug-likeness (QED) is 0.0283. The van der Waals surface area contributed by atoms with E-state index in [1.54, 1.807) is 72.7 Å². The van der Waals surface area contributed by atoms with Gasteiger partial charge in [-0.05, 0) is 249 Å². The molecule has 0 saturated carbocycles. The van der Waals surface area contributed by atoms with Crippen molar-refractivity contribution in [2.45, 2.75) is 250 Å². The summed E-state index contributed by atoms with van der Waals surface area (Å²) in [7, 11) is 0. The molecule has 0 amide bonds. The number of carbonyl (C=O) groups is 2. The number of aldehydes is 2. The van der Waals surface area contributed by atoms with E-state index in [1.165, 1.54) is 222 Å². The Morgan fingerprint density at radius 2 is 0.553 bits per heavy atom. The van der Waals surface area contributed by atoms with Crippen LogP contribution in [0, 0.1) is 0 Å². The highest BCUT2D eigenvalue weighted by atomic mass is 32.1. The maximum absolute atomic E-state index is 11.8. The van der Waals surface area contributed by atoms with Crippen LogP contribution in [0.15, 0.2) is 133 Å². The van der Waals surface area contributed by atoms with Crippen LogP contribution in [0.4, 0.5) is 0 Å². The zero-order valence-corrected chi connectivity index (χ0v) is 67.2. The molecule has 8 heteroatoms. The molecular weight excluding hydrogens is 1370 g/mol. The van der Waals surface area contributed by atoms with Gasteiger partial charge in [0.05, 0.1) is 9.75 Å². The summed E-state index contributed by atoms with van der Waals surface area (Å²) in [4.78, 5) is 36.3. The molecule has 3 aliphatic rings. The van der Waals surface area contributed by atoms with Crippen molar-refractivity contribution < 1.29 is 9.59 Å². The first-order chi connectivity index (χ1) is 50.7. The smallest absolute Gasteiger partial charge is 0.160 e. The predicted octanol–water partition coefficient (Wildman–Crippen LogP) is 31.8. The summed E-state index contributed by atoms with van der Waals surface area (Å²) < 4.78 is 0. The fraction of sp³-hybridized carbons (Fsp3) is 0.411. The summed E-state index contributed by atoms with van der Waals surface area (Å²) >= 11 is 10.7. The minimum absolute atomic E-state index is 0.212. The third kappa shape index (κ3) is 15.9. The number of unbranched alkanes of at least 4 members (excludes halogenated alkanes) is 18. The Labute approximate surface area is 641 Å². The van der Waals surface area contributed by atoms with Gasteiger partial charge in [-0.2, -0.15) is 0 Å². The monoisotopic (exact) mass is 1470 g/mol. The van der Waals surface area contributed by atoms with Crippen molar-refractivity contribution in [3.63, 3.8) is 0 Å². The molecule has 536 valence electrons. The second kappa shape index (κ2) is 35.4. The minimum Gasteiger partial charge on any atom is -0.297 e. The van der Waals surface area contributed by atoms with Gasteiger partial charge in [0.2, 0.25) is 0 Å². The highest BCUT2D eigenvalue weighted by molar-refractivity contribution is 7.17. The van der Waals surface area contributed by atoms with Crippen molar-refractivity contribution in [2.24, 2.45) is 0 Å². The maximum atomic E-state index is 11.8. The van der Waals surface area contributed by atoms with Gasteiger partial charge in [-0.15, -0.1) is 68.0 Å². The van der Waals surface area contributed by atoms with Crippen LogP contribution in [0.2, 0.25) is 0 Å². The molecule has 0 N–H and O–H groups in total. The lowest BCUT2D eigenvalue weighted by Gasteiger charge is -2.40. The van der Waals surface area contributed by atoms with E-state index >= 15 is 0 Å². The Balaban J connectivity index is 1.13. The second-order valence-electron chi connectivity index (χ2n) is 30.0. The van der Waals surface area contributed by atoms with Gasteiger partial charge in [-0.3, -0.25) is 9.59 Å². The Morgan fingerprint density at radius 1 is 0.282 bits per heavy atom. The lowest BCUT2D eigenvalue weighted by molar-refractivity contribution is 0.111. The van der Waals surface area contributed by atoms with Crippen LogP contribution >= 0.6 is 68.0 Å². The van der Waals surface area contributed by atoms with Gasteiger partial charge in [0.25, 0.3) is 0 Å². The average molecular weight is 1470 g/mol. The Morgan fingerprint density at radius 3 is 0.816 bits per heavy atom. The van der Waals surface area contributed by atoms with Crippen molar-refractivity contribution in [2.75, 3.05) is 0 Å². The third-order valence-electron chi connectivity index (χ3n) is 23.1. The van der Waals surface area contributed by atoms with Crippen LogP contribution in [0.5, 0.6) is 0 Å². The molecule has 0 spiro atoms. The molecule has 0 fully saturated rings. The molecule has 6 heterocycles. The first kappa shape index (κ1) is 74.9. The molecule has 13 rings (SSSR count). The van der Waals surface area contributed by atoms with E-state index in [0.717, 1.165) is 70.6 Å². The largest absolute Gasteiger partial charge is 0.297 e. The van der Waals surface area contributed by atoms with Crippen LogP contribution in [0.1, 0.15) is 316 Å². The van der Waals surface area contributed by atoms with Crippen LogP contribution in [-0.4, -0.2) is 12.6 Å². The van der Waals surface area contributed by atoms with Crippen LogP contribution in [-0.2, 0) is 16.2 Å². The van der Waals surface area contributed by atoms with Gasteiger partial charge in [0, 0.05) is 60.1 Å². The number of rotatable bonds is 41. The van der Waals surface area contributed by atoms with Gasteiger partial charge < -0.3 is 0 Å². The van der Waals surface area contributed by atoms with E-state index in [9.17, 15) is 9.59 Å². The first-order valence-corrected chi connectivity index (χ1v) is 44.8. The van der Waals surface area contributed by atoms with Crippen molar-refractivity contribution in [1.29, 1.82) is 0 Å². The fourth-order valence-electron chi connectivity index (χ4n) is 18.1. The maximum Gasteiger partial charge on any atom is 0.160 e. The van der Waals surface area contributed by atoms with E-state index in [0.29, 0.717) is 0 Å². The molecule has 2 nitrogen and oxygen atoms in total. The summed E-state index contributed by atoms with van der Waals surface area (Å²) in [5, 5.41) is 2.18. The number of hydrogen-bond donors (Lipinski definition) is 0. The predicted molar refractivity (Wildman–Crippen MR) is 458 cm³/mol. The molecule has 10 aromatic rings. The summed E-state index contributed by atoms with van der Waals surface area (Å²) in [6.07, 6.45) is 52.0. The van der Waals surface area contributed by atoms with Crippen LogP contribution in [0.3, 0.4) is 0 Å². The SMILES string of the molecule is CCCCCCC1(CCCCCC)c2cc(-c3ccc(/C=C/c4cccs4)s3)ccc2-c2c1c1c(c3c2C(CCCCCC)(CCCCCC)c2cc(-c4ccc(/C=C/c5ccc(C=O)s5)s4)ccc2-3)C(CCCCCC)(CCCCCC)c2cc(-c3ccc(/C=C/c4ccc(C=O)s4)s3)ccc2-1. The standard InChI is InChI=1S/C95H108O2S6/c1-7-13-19-25-55-93(56-26-20-14-8-2)81-62-67(84-52-46-73(101-84)37-36-70-32-31-61-98-70)33-49-78(81)87-90(93)88-79-50-34-68(85-53-47-74(102-85)40-38-71-42-44-76(65-96)99-71)63-82(79)95(59-29-23-17-11-5,60-30-24-18-12-6)92(88)89-80-51-35-69(86-54-48-75(103-86)41-39-72-43-45-77(66-97)100-72)64-83(80)94(91(87)89,57-27-21-15-9-3)58-28-22-16-10-4/h31-54,61-66H,7-30,55-60H2,1-6H3/b37-36+,40-38+,41-39+. The summed E-state index contributed by atoms with van der Waals surface area (Å²) in [5.74, 6) is 0. The zero-order chi connectivity index (χ0) is 71.2. The lowest BCUT2D eigenvalue weighted by Crippen LogP contribution is -2.31. The number of benzene rings is 4. The highest BCUT2D eigenvalue weighted by Gasteiger charge is 2.58. The lowest BCUT2D eigenvalue weighted by atomic mass is 9.63. The molecule has 0 radical (unpaired) electrons. The van der Waals surface area contributed by atoms with Gasteiger partial charge in [-0.25, -0.2) is 0 Å². The van der Waals surface area contributed by atoms with Crippen LogP contribution < -0.4 is 0 Å². The normalized spacial score (nSPS) is 14.3. The van der Waals surface area contributed by atoms with Crippen molar-refractivity contribution >= 4 is 117 Å². The molecule has 3 aliphatic carbocycles. The minimum atomic E-state index is -0.225. The number of thiophene rings is 6.